The predicted octanol–water partition coefficient (Wildman–Crippen LogP) is 0.873. The Morgan fingerprint density at radius 3 is 1.28 bits per heavy atom. The second-order valence-electron chi connectivity index (χ2n) is 12.9. The molecule has 0 radical (unpaired) electrons. The van der Waals surface area contributed by atoms with Gasteiger partial charge < -0.3 is 10.6 Å². The zero-order chi connectivity index (χ0) is 35.4. The summed E-state index contributed by atoms with van der Waals surface area (Å²) in [6.07, 6.45) is 1.23. The van der Waals surface area contributed by atoms with E-state index in [2.05, 4.69) is 21.3 Å². The Morgan fingerprint density at radius 1 is 0.540 bits per heavy atom. The number of amides is 10. The van der Waals surface area contributed by atoms with E-state index in [1.165, 1.54) is 36.4 Å². The molecule has 256 valence electrons. The van der Waals surface area contributed by atoms with Gasteiger partial charge in [0.05, 0.1) is 33.6 Å². The van der Waals surface area contributed by atoms with E-state index in [0.29, 0.717) is 25.7 Å². The molecule has 0 aromatic heterocycles. The van der Waals surface area contributed by atoms with Gasteiger partial charge in [0.2, 0.25) is 35.4 Å². The fourth-order valence-corrected chi connectivity index (χ4v) is 7.33. The van der Waals surface area contributed by atoms with Gasteiger partial charge in [0, 0.05) is 24.7 Å². The lowest BCUT2D eigenvalue weighted by Crippen LogP contribution is -2.54. The predicted molar refractivity (Wildman–Crippen MR) is 169 cm³/mol. The Labute approximate surface area is 283 Å². The van der Waals surface area contributed by atoms with Crippen molar-refractivity contribution in [3.05, 3.63) is 58.7 Å². The summed E-state index contributed by atoms with van der Waals surface area (Å²) in [5.74, 6) is -7.19. The first-order valence-electron chi connectivity index (χ1n) is 16.3. The molecule has 3 fully saturated rings. The number of piperidine rings is 2. The summed E-state index contributed by atoms with van der Waals surface area (Å²) in [6, 6.07) is 6.56. The number of hydrogen-bond donors (Lipinski definition) is 4. The van der Waals surface area contributed by atoms with Crippen LogP contribution >= 0.6 is 0 Å². The highest BCUT2D eigenvalue weighted by molar-refractivity contribution is 6.27. The second kappa shape index (κ2) is 12.4. The lowest BCUT2D eigenvalue weighted by Gasteiger charge is -2.28. The molecular weight excluding hydrogens is 652 g/mol. The van der Waals surface area contributed by atoms with Gasteiger partial charge in [-0.15, -0.1) is 0 Å². The molecule has 2 aromatic carbocycles. The smallest absolute Gasteiger partial charge is 0.264 e. The molecule has 4 aliphatic heterocycles. The summed E-state index contributed by atoms with van der Waals surface area (Å²) >= 11 is 0. The number of benzene rings is 2. The number of carbonyl (C=O) groups excluding carboxylic acids is 10. The van der Waals surface area contributed by atoms with Gasteiger partial charge in [0.15, 0.2) is 0 Å². The number of imide groups is 4. The molecule has 1 saturated carbocycles. The molecule has 0 spiro atoms. The molecule has 16 heteroatoms. The third kappa shape index (κ3) is 5.41. The van der Waals surface area contributed by atoms with Crippen molar-refractivity contribution in [3.8, 4) is 0 Å². The van der Waals surface area contributed by atoms with Gasteiger partial charge in [-0.1, -0.05) is 12.1 Å². The fraction of sp³-hybridized carbons (Fsp3) is 0.353. The first-order chi connectivity index (χ1) is 23.9. The molecule has 5 aliphatic rings. The van der Waals surface area contributed by atoms with Gasteiger partial charge >= 0.3 is 0 Å². The zero-order valence-electron chi connectivity index (χ0n) is 26.4. The second-order valence-corrected chi connectivity index (χ2v) is 12.9. The van der Waals surface area contributed by atoms with Crippen LogP contribution in [0.15, 0.2) is 36.4 Å². The van der Waals surface area contributed by atoms with Crippen molar-refractivity contribution in [2.24, 2.45) is 11.8 Å². The highest BCUT2D eigenvalue weighted by Gasteiger charge is 2.47. The van der Waals surface area contributed by atoms with E-state index in [1.54, 1.807) is 0 Å². The number of rotatable bonds is 6. The molecule has 7 rings (SSSR count). The number of hydrogen-bond acceptors (Lipinski definition) is 10. The molecule has 0 bridgehead atoms. The maximum absolute atomic E-state index is 13.4. The van der Waals surface area contributed by atoms with E-state index in [9.17, 15) is 47.9 Å². The van der Waals surface area contributed by atoms with Crippen LogP contribution in [-0.4, -0.2) is 81.0 Å². The third-order valence-electron chi connectivity index (χ3n) is 9.92. The van der Waals surface area contributed by atoms with Crippen molar-refractivity contribution in [2.45, 2.75) is 63.5 Å². The molecule has 4 heterocycles. The summed E-state index contributed by atoms with van der Waals surface area (Å²) in [5, 5.41) is 9.78. The van der Waals surface area contributed by atoms with Gasteiger partial charge in [-0.25, -0.2) is 0 Å². The molecule has 2 aromatic rings. The van der Waals surface area contributed by atoms with Crippen molar-refractivity contribution in [2.75, 3.05) is 10.6 Å². The average molecular weight is 683 g/mol. The van der Waals surface area contributed by atoms with E-state index in [0.717, 1.165) is 9.80 Å². The zero-order valence-corrected chi connectivity index (χ0v) is 26.4. The quantitative estimate of drug-likeness (QED) is 0.315. The van der Waals surface area contributed by atoms with Crippen molar-refractivity contribution in [3.63, 3.8) is 0 Å². The Morgan fingerprint density at radius 2 is 0.920 bits per heavy atom. The number of carbonyl (C=O) groups is 10. The Balaban J connectivity index is 0.983. The standard InChI is InChI=1S/C34H30N6O10/c41-23-13-11-21(29(45)37-23)39-31(47)17-3-1-5-19(25(17)33(39)49)35-27(43)15-7-9-16(10-8-15)28(44)36-20-6-2-4-18-26(20)34(50)40(32(18)48)22-12-14-24(42)38-30(22)46/h1-6,15-16,21-22H,7-14H2,(H,35,43)(H,36,44)(H,37,41,45)(H,38,42,46)/t15-,16+,21?,22?. The van der Waals surface area contributed by atoms with Crippen molar-refractivity contribution in [1.82, 2.24) is 20.4 Å². The van der Waals surface area contributed by atoms with Crippen LogP contribution in [0.3, 0.4) is 0 Å². The van der Waals surface area contributed by atoms with Crippen molar-refractivity contribution < 1.29 is 47.9 Å². The lowest BCUT2D eigenvalue weighted by atomic mass is 9.81. The molecule has 1 aliphatic carbocycles. The minimum absolute atomic E-state index is 0.00334. The first-order valence-corrected chi connectivity index (χ1v) is 16.3. The molecule has 4 N–H and O–H groups in total. The minimum atomic E-state index is -1.15. The van der Waals surface area contributed by atoms with Crippen LogP contribution in [0.4, 0.5) is 11.4 Å². The van der Waals surface area contributed by atoms with Gasteiger partial charge in [-0.2, -0.15) is 0 Å². The summed E-state index contributed by atoms with van der Waals surface area (Å²) in [7, 11) is 0. The Bertz CT molecular complexity index is 1820. The molecule has 50 heavy (non-hydrogen) atoms. The van der Waals surface area contributed by atoms with Crippen molar-refractivity contribution in [1.29, 1.82) is 0 Å². The summed E-state index contributed by atoms with van der Waals surface area (Å²) in [4.78, 5) is 129. The highest BCUT2D eigenvalue weighted by Crippen LogP contribution is 2.36. The maximum Gasteiger partial charge on any atom is 0.264 e. The van der Waals surface area contributed by atoms with E-state index in [-0.39, 0.29) is 59.3 Å². The van der Waals surface area contributed by atoms with Crippen LogP contribution in [0.25, 0.3) is 0 Å². The number of anilines is 2. The van der Waals surface area contributed by atoms with Crippen molar-refractivity contribution >= 4 is 70.4 Å². The topological polar surface area (TPSA) is 225 Å². The van der Waals surface area contributed by atoms with Gasteiger partial charge in [-0.3, -0.25) is 68.4 Å². The number of fused-ring (bicyclic) bond motifs is 2. The maximum atomic E-state index is 13.4. The highest BCUT2D eigenvalue weighted by atomic mass is 16.2. The van der Waals surface area contributed by atoms with Gasteiger partial charge in [-0.05, 0) is 62.8 Å². The third-order valence-corrected chi connectivity index (χ3v) is 9.92. The van der Waals surface area contributed by atoms with Crippen LogP contribution in [0, 0.1) is 11.8 Å². The van der Waals surface area contributed by atoms with E-state index < -0.39 is 83.0 Å². The van der Waals surface area contributed by atoms with E-state index in [1.807, 2.05) is 0 Å². The number of nitrogens with one attached hydrogen (secondary N) is 4. The fourth-order valence-electron chi connectivity index (χ4n) is 7.33. The van der Waals surface area contributed by atoms with Gasteiger partial charge in [0.25, 0.3) is 23.6 Å². The number of nitrogens with zero attached hydrogens (tertiary/aromatic N) is 2. The summed E-state index contributed by atoms with van der Waals surface area (Å²) in [6.45, 7) is 0. The summed E-state index contributed by atoms with van der Waals surface area (Å²) < 4.78 is 0. The van der Waals surface area contributed by atoms with Gasteiger partial charge in [0.1, 0.15) is 12.1 Å². The lowest BCUT2D eigenvalue weighted by molar-refractivity contribution is -0.137. The molecule has 16 nitrogen and oxygen atoms in total. The van der Waals surface area contributed by atoms with Crippen LogP contribution in [0.1, 0.15) is 92.8 Å². The Kier molecular flexibility index (Phi) is 8.08. The normalized spacial score (nSPS) is 24.9. The molecule has 2 atom stereocenters. The molecule has 2 saturated heterocycles. The van der Waals surface area contributed by atoms with E-state index in [4.69, 9.17) is 0 Å². The Hall–Kier alpha value is -6.06. The molecule has 10 amide bonds. The SMILES string of the molecule is O=C1CCC(N2C(=O)c3cccc(NC(=O)[C@H]4CC[C@@H](C(=O)Nc5cccc6c5C(=O)N(C5CCC(=O)NC5=O)C6=O)CC4)c3C2=O)C(=O)N1. The van der Waals surface area contributed by atoms with Crippen LogP contribution in [0.2, 0.25) is 0 Å². The van der Waals surface area contributed by atoms with E-state index >= 15 is 0 Å². The monoisotopic (exact) mass is 682 g/mol. The first kappa shape index (κ1) is 32.5. The van der Waals surface area contributed by atoms with Crippen LogP contribution < -0.4 is 21.3 Å². The molecule has 2 unspecified atom stereocenters. The average Bonchev–Trinajstić information content (AvgIpc) is 3.50. The summed E-state index contributed by atoms with van der Waals surface area (Å²) in [5.41, 5.74) is 0.218. The van der Waals surface area contributed by atoms with Crippen LogP contribution in [0.5, 0.6) is 0 Å². The molecular formula is C34H30N6O10. The van der Waals surface area contributed by atoms with Crippen LogP contribution in [-0.2, 0) is 28.8 Å². The minimum Gasteiger partial charge on any atom is -0.325 e. The largest absolute Gasteiger partial charge is 0.325 e.